The molecule has 1 atom stereocenters. The highest BCUT2D eigenvalue weighted by Crippen LogP contribution is 2.46. The summed E-state index contributed by atoms with van der Waals surface area (Å²) < 4.78 is 22.5. The second-order valence-corrected chi connectivity index (χ2v) is 10.3. The molecule has 7 nitrogen and oxygen atoms in total. The minimum Gasteiger partial charge on any atom is -0.502 e. The van der Waals surface area contributed by atoms with Gasteiger partial charge in [0.25, 0.3) is 5.91 Å². The van der Waals surface area contributed by atoms with Crippen molar-refractivity contribution in [2.24, 2.45) is 0 Å². The molecule has 180 valence electrons. The summed E-state index contributed by atoms with van der Waals surface area (Å²) in [5.41, 5.74) is -0.847. The van der Waals surface area contributed by atoms with Gasteiger partial charge in [0.15, 0.2) is 23.0 Å². The third-order valence-electron chi connectivity index (χ3n) is 7.06. The molecule has 1 unspecified atom stereocenters. The number of nitrogens with zero attached hydrogens (tertiary/aromatic N) is 3. The van der Waals surface area contributed by atoms with E-state index in [1.807, 2.05) is 16.5 Å². The van der Waals surface area contributed by atoms with Gasteiger partial charge in [-0.3, -0.25) is 19.3 Å². The van der Waals surface area contributed by atoms with E-state index in [0.29, 0.717) is 10.6 Å². The van der Waals surface area contributed by atoms with E-state index >= 15 is 4.39 Å². The third-order valence-corrected chi connectivity index (χ3v) is 8.47. The van der Waals surface area contributed by atoms with Crippen LogP contribution in [0.15, 0.2) is 58.9 Å². The molecule has 1 aromatic carbocycles. The number of carbonyl (C=O) groups excluding carboxylic acids is 1. The Balaban J connectivity index is 1.67. The van der Waals surface area contributed by atoms with Gasteiger partial charge in [-0.15, -0.1) is 11.3 Å². The van der Waals surface area contributed by atoms with Crippen LogP contribution in [0.1, 0.15) is 46.2 Å². The first-order valence-corrected chi connectivity index (χ1v) is 12.5. The molecule has 10 heteroatoms. The number of hydrogen-bond acceptors (Lipinski definition) is 6. The summed E-state index contributed by atoms with van der Waals surface area (Å²) >= 11 is 8.01. The molecule has 1 spiro atoms. The van der Waals surface area contributed by atoms with E-state index in [2.05, 4.69) is 0 Å². The number of thiophene rings is 1. The van der Waals surface area contributed by atoms with Crippen molar-refractivity contribution in [2.45, 2.75) is 30.8 Å². The van der Waals surface area contributed by atoms with Crippen molar-refractivity contribution in [3.63, 3.8) is 0 Å². The number of rotatable bonds is 1. The van der Waals surface area contributed by atoms with Crippen molar-refractivity contribution >= 4 is 28.8 Å². The van der Waals surface area contributed by atoms with Crippen LogP contribution in [0.5, 0.6) is 11.5 Å². The number of amides is 1. The number of carbonyl (C=O) groups is 1. The number of ether oxygens (including phenoxy) is 1. The highest BCUT2D eigenvalue weighted by molar-refractivity contribution is 7.10. The first kappa shape index (κ1) is 22.2. The number of aromatic nitrogens is 1. The molecule has 6 rings (SSSR count). The number of para-hydroxylation sites is 1. The second kappa shape index (κ2) is 8.13. The Morgan fingerprint density at radius 3 is 2.74 bits per heavy atom. The highest BCUT2D eigenvalue weighted by atomic mass is 35.5. The molecule has 1 fully saturated rings. The van der Waals surface area contributed by atoms with Crippen molar-refractivity contribution in [3.05, 3.63) is 91.3 Å². The standard InChI is InChI=1S/C25H21ClFN3O4S/c26-16-7-13-35-23(16)19-15-4-1-5-17(27)22(15)34-12-3-10-25(8-2-9-25)28-14-30(19)29-11-6-18(31)21(32)20(29)24(28)33/h1,3-7,10-11,13,19,32H,2,8-9,12,14H2/b10-3+. The van der Waals surface area contributed by atoms with Gasteiger partial charge in [-0.2, -0.15) is 0 Å². The van der Waals surface area contributed by atoms with Gasteiger partial charge < -0.3 is 14.7 Å². The van der Waals surface area contributed by atoms with Crippen LogP contribution < -0.4 is 15.2 Å². The Morgan fingerprint density at radius 2 is 2.03 bits per heavy atom. The Labute approximate surface area is 209 Å². The van der Waals surface area contributed by atoms with Crippen molar-refractivity contribution in [2.75, 3.05) is 18.3 Å². The van der Waals surface area contributed by atoms with Crippen LogP contribution >= 0.6 is 22.9 Å². The van der Waals surface area contributed by atoms with Gasteiger partial charge in [-0.25, -0.2) is 4.39 Å². The number of halogens is 2. The summed E-state index contributed by atoms with van der Waals surface area (Å²) in [5.74, 6) is -1.48. The third kappa shape index (κ3) is 3.29. The van der Waals surface area contributed by atoms with E-state index in [1.54, 1.807) is 29.2 Å². The molecular formula is C25H21ClFN3O4S. The fraction of sp³-hybridized carbons (Fsp3) is 0.280. The fourth-order valence-corrected chi connectivity index (χ4v) is 6.46. The SMILES string of the molecule is O=C1c2c(O)c(=O)ccn2N2CN1C1(/C=C/COc3c(F)cccc3C2c2sccc2Cl)CCC1. The lowest BCUT2D eigenvalue weighted by Crippen LogP contribution is -2.64. The van der Waals surface area contributed by atoms with Gasteiger partial charge in [0.2, 0.25) is 5.43 Å². The molecule has 3 aliphatic rings. The minimum absolute atomic E-state index is 0.0893. The van der Waals surface area contributed by atoms with Crippen molar-refractivity contribution in [3.8, 4) is 11.5 Å². The lowest BCUT2D eigenvalue weighted by Gasteiger charge is -2.53. The second-order valence-electron chi connectivity index (χ2n) is 8.90. The van der Waals surface area contributed by atoms with Crippen molar-refractivity contribution in [1.82, 2.24) is 9.58 Å². The molecule has 1 N–H and O–H groups in total. The Kier molecular flexibility index (Phi) is 5.16. The van der Waals surface area contributed by atoms with E-state index in [0.717, 1.165) is 24.1 Å². The van der Waals surface area contributed by atoms with Crippen LogP contribution in [0.2, 0.25) is 5.02 Å². The number of fused-ring (bicyclic) bond motifs is 6. The van der Waals surface area contributed by atoms with Crippen LogP contribution in [-0.2, 0) is 0 Å². The summed E-state index contributed by atoms with van der Waals surface area (Å²) in [6, 6.07) is 7.01. The molecule has 1 aliphatic carbocycles. The van der Waals surface area contributed by atoms with Crippen molar-refractivity contribution in [1.29, 1.82) is 0 Å². The topological polar surface area (TPSA) is 75.0 Å². The molecule has 4 heterocycles. The van der Waals surface area contributed by atoms with Gasteiger partial charge in [-0.05, 0) is 42.9 Å². The first-order valence-electron chi connectivity index (χ1n) is 11.3. The van der Waals surface area contributed by atoms with Crippen LogP contribution in [0.4, 0.5) is 4.39 Å². The summed E-state index contributed by atoms with van der Waals surface area (Å²) in [5, 5.41) is 14.9. The zero-order chi connectivity index (χ0) is 24.3. The average Bonchev–Trinajstić information content (AvgIpc) is 3.22. The van der Waals surface area contributed by atoms with E-state index in [-0.39, 0.29) is 24.7 Å². The zero-order valence-corrected chi connectivity index (χ0v) is 20.1. The molecule has 1 amide bonds. The number of benzene rings is 1. The molecule has 1 saturated carbocycles. The number of aromatic hydroxyl groups is 1. The number of hydrogen-bond donors (Lipinski definition) is 1. The van der Waals surface area contributed by atoms with Crippen LogP contribution in [-0.4, -0.2) is 39.4 Å². The molecule has 3 aromatic rings. The largest absolute Gasteiger partial charge is 0.502 e. The predicted octanol–water partition coefficient (Wildman–Crippen LogP) is 4.42. The van der Waals surface area contributed by atoms with E-state index in [4.69, 9.17) is 16.3 Å². The molecule has 0 radical (unpaired) electrons. The van der Waals surface area contributed by atoms with Gasteiger partial charge >= 0.3 is 0 Å². The van der Waals surface area contributed by atoms with Crippen LogP contribution in [0.3, 0.4) is 0 Å². The zero-order valence-electron chi connectivity index (χ0n) is 18.5. The molecule has 35 heavy (non-hydrogen) atoms. The highest BCUT2D eigenvalue weighted by Gasteiger charge is 2.49. The molecular weight excluding hydrogens is 493 g/mol. The molecule has 0 saturated heterocycles. The van der Waals surface area contributed by atoms with Gasteiger partial charge in [0, 0.05) is 17.8 Å². The summed E-state index contributed by atoms with van der Waals surface area (Å²) in [6.45, 7) is 0.256. The Hall–Kier alpha value is -3.30. The van der Waals surface area contributed by atoms with Gasteiger partial charge in [-0.1, -0.05) is 29.8 Å². The quantitative estimate of drug-likeness (QED) is 0.488. The Bertz CT molecular complexity index is 1430. The summed E-state index contributed by atoms with van der Waals surface area (Å²) in [7, 11) is 0. The first-order chi connectivity index (χ1) is 16.9. The minimum atomic E-state index is -0.667. The van der Waals surface area contributed by atoms with Crippen LogP contribution in [0.25, 0.3) is 0 Å². The summed E-state index contributed by atoms with van der Waals surface area (Å²) in [6.07, 6.45) is 7.58. The van der Waals surface area contributed by atoms with Gasteiger partial charge in [0.1, 0.15) is 19.3 Å². The van der Waals surface area contributed by atoms with E-state index < -0.39 is 34.5 Å². The molecule has 2 aliphatic heterocycles. The maximum atomic E-state index is 15.1. The van der Waals surface area contributed by atoms with Crippen LogP contribution in [0, 0.1) is 5.82 Å². The maximum absolute atomic E-state index is 15.1. The van der Waals surface area contributed by atoms with E-state index in [1.165, 1.54) is 34.3 Å². The smallest absolute Gasteiger partial charge is 0.278 e. The van der Waals surface area contributed by atoms with Gasteiger partial charge in [0.05, 0.1) is 15.4 Å². The molecule has 2 aromatic heterocycles. The monoisotopic (exact) mass is 513 g/mol. The lowest BCUT2D eigenvalue weighted by atomic mass is 9.74. The molecule has 2 bridgehead atoms. The normalized spacial score (nSPS) is 21.4. The average molecular weight is 514 g/mol. The lowest BCUT2D eigenvalue weighted by molar-refractivity contribution is 0.0256. The summed E-state index contributed by atoms with van der Waals surface area (Å²) in [4.78, 5) is 28.5. The van der Waals surface area contributed by atoms with E-state index in [9.17, 15) is 14.7 Å². The number of pyridine rings is 1. The fourth-order valence-electron chi connectivity index (χ4n) is 5.18. The van der Waals surface area contributed by atoms with Crippen molar-refractivity contribution < 1.29 is 19.0 Å². The predicted molar refractivity (Wildman–Crippen MR) is 130 cm³/mol. The maximum Gasteiger partial charge on any atom is 0.278 e. The Morgan fingerprint density at radius 1 is 1.20 bits per heavy atom.